The van der Waals surface area contributed by atoms with Gasteiger partial charge in [-0.15, -0.1) is 11.3 Å². The first kappa shape index (κ1) is 25.6. The van der Waals surface area contributed by atoms with Crippen molar-refractivity contribution in [2.45, 2.75) is 26.2 Å². The number of rotatable bonds is 12. The number of aromatic nitrogens is 1. The van der Waals surface area contributed by atoms with Crippen LogP contribution in [0.2, 0.25) is 0 Å². The molecule has 0 atom stereocenters. The first-order valence-electron chi connectivity index (χ1n) is 11.2. The number of nitrogens with zero attached hydrogens (tertiary/aromatic N) is 1. The Balaban J connectivity index is 1.67. The maximum atomic E-state index is 12.8. The van der Waals surface area contributed by atoms with Crippen molar-refractivity contribution in [2.75, 3.05) is 37.5 Å². The number of carbonyl (C=O) groups is 1. The summed E-state index contributed by atoms with van der Waals surface area (Å²) in [6.45, 7) is 3.93. The van der Waals surface area contributed by atoms with Crippen molar-refractivity contribution in [3.05, 3.63) is 70.7 Å². The molecule has 0 aliphatic carbocycles. The predicted octanol–water partition coefficient (Wildman–Crippen LogP) is 4.90. The Morgan fingerprint density at radius 3 is 2.56 bits per heavy atom. The highest BCUT2D eigenvalue weighted by molar-refractivity contribution is 7.80. The topological polar surface area (TPSA) is 84.5 Å². The number of thiocarbonyl (C=S) groups is 1. The summed E-state index contributed by atoms with van der Waals surface area (Å²) in [5, 5.41) is 12.1. The minimum atomic E-state index is -0.203. The summed E-state index contributed by atoms with van der Waals surface area (Å²) < 4.78 is 11.0. The van der Waals surface area contributed by atoms with Crippen molar-refractivity contribution in [1.82, 2.24) is 10.3 Å². The molecule has 3 aromatic rings. The zero-order chi connectivity index (χ0) is 24.2. The number of carbonyl (C=O) groups excluding carboxylic acids is 1. The van der Waals surface area contributed by atoms with Gasteiger partial charge in [0, 0.05) is 49.5 Å². The van der Waals surface area contributed by atoms with Crippen molar-refractivity contribution in [3.8, 4) is 5.75 Å². The van der Waals surface area contributed by atoms with Crippen LogP contribution in [0.1, 0.15) is 34.8 Å². The molecule has 7 nitrogen and oxygen atoms in total. The number of aryl methyl sites for hydroxylation is 2. The molecular weight excluding hydrogens is 468 g/mol. The molecule has 3 N–H and O–H groups in total. The van der Waals surface area contributed by atoms with E-state index >= 15 is 0 Å². The summed E-state index contributed by atoms with van der Waals surface area (Å²) in [7, 11) is 1.67. The lowest BCUT2D eigenvalue weighted by Crippen LogP contribution is -2.27. The lowest BCUT2D eigenvalue weighted by atomic mass is 10.0. The van der Waals surface area contributed by atoms with Crippen molar-refractivity contribution in [3.63, 3.8) is 0 Å². The van der Waals surface area contributed by atoms with Gasteiger partial charge in [-0.25, -0.2) is 4.98 Å². The number of anilines is 2. The van der Waals surface area contributed by atoms with E-state index in [1.165, 1.54) is 16.9 Å². The molecule has 34 heavy (non-hydrogen) atoms. The minimum absolute atomic E-state index is 0.203. The van der Waals surface area contributed by atoms with Gasteiger partial charge in [-0.1, -0.05) is 12.1 Å². The molecule has 0 radical (unpaired) electrons. The van der Waals surface area contributed by atoms with Crippen LogP contribution in [0.3, 0.4) is 0 Å². The second-order valence-electron chi connectivity index (χ2n) is 7.53. The van der Waals surface area contributed by atoms with Crippen LogP contribution in [0.25, 0.3) is 0 Å². The molecule has 0 unspecified atom stereocenters. The number of nitrogens with one attached hydrogen (secondary N) is 3. The largest absolute Gasteiger partial charge is 0.493 e. The Labute approximate surface area is 209 Å². The van der Waals surface area contributed by atoms with Crippen LogP contribution in [0, 0.1) is 0 Å². The van der Waals surface area contributed by atoms with Gasteiger partial charge in [0.25, 0.3) is 5.91 Å². The maximum absolute atomic E-state index is 12.8. The van der Waals surface area contributed by atoms with Gasteiger partial charge in [0.15, 0.2) is 10.2 Å². The third-order valence-corrected chi connectivity index (χ3v) is 5.83. The molecule has 1 heterocycles. The zero-order valence-corrected chi connectivity index (χ0v) is 21.1. The molecule has 0 aliphatic rings. The quantitative estimate of drug-likeness (QED) is 0.242. The molecule has 0 aliphatic heterocycles. The van der Waals surface area contributed by atoms with Gasteiger partial charge in [0.1, 0.15) is 5.75 Å². The third kappa shape index (κ3) is 8.40. The fourth-order valence-electron chi connectivity index (χ4n) is 3.25. The monoisotopic (exact) mass is 498 g/mol. The Morgan fingerprint density at radius 2 is 1.85 bits per heavy atom. The standard InChI is InChI=1S/C25H30N4O3S2/c1-3-26-24(33)28-21-9-7-18(8-10-21)5-6-19-15-20(23(30)29-25-27-11-14-34-25)17-22(16-19)32-13-4-12-31-2/h7-11,14-17H,3-6,12-13H2,1-2H3,(H2,26,28,33)(H,27,29,30). The molecule has 0 spiro atoms. The number of hydrogen-bond acceptors (Lipinski definition) is 6. The lowest BCUT2D eigenvalue weighted by Gasteiger charge is -2.12. The number of amides is 1. The van der Waals surface area contributed by atoms with E-state index in [1.807, 2.05) is 36.6 Å². The van der Waals surface area contributed by atoms with Gasteiger partial charge >= 0.3 is 0 Å². The maximum Gasteiger partial charge on any atom is 0.257 e. The SMILES string of the molecule is CCNC(=S)Nc1ccc(CCc2cc(OCCCOC)cc(C(=O)Nc3nccs3)c2)cc1. The van der Waals surface area contributed by atoms with E-state index in [9.17, 15) is 4.79 Å². The van der Waals surface area contributed by atoms with E-state index in [4.69, 9.17) is 21.7 Å². The van der Waals surface area contributed by atoms with Crippen LogP contribution >= 0.6 is 23.6 Å². The molecule has 180 valence electrons. The molecule has 2 aromatic carbocycles. The zero-order valence-electron chi connectivity index (χ0n) is 19.4. The summed E-state index contributed by atoms with van der Waals surface area (Å²) in [5.41, 5.74) is 3.72. The first-order chi connectivity index (χ1) is 16.6. The van der Waals surface area contributed by atoms with E-state index in [1.54, 1.807) is 19.4 Å². The molecule has 0 bridgehead atoms. The number of benzene rings is 2. The molecule has 1 amide bonds. The number of methoxy groups -OCH3 is 1. The summed E-state index contributed by atoms with van der Waals surface area (Å²) in [6.07, 6.45) is 4.04. The molecule has 0 saturated heterocycles. The Bertz CT molecular complexity index is 1060. The highest BCUT2D eigenvalue weighted by atomic mass is 32.1. The van der Waals surface area contributed by atoms with Crippen LogP contribution in [0.4, 0.5) is 10.8 Å². The van der Waals surface area contributed by atoms with Gasteiger partial charge in [-0.05, 0) is 73.4 Å². The number of hydrogen-bond donors (Lipinski definition) is 3. The van der Waals surface area contributed by atoms with Gasteiger partial charge < -0.3 is 20.1 Å². The van der Waals surface area contributed by atoms with Crippen molar-refractivity contribution >= 4 is 45.4 Å². The van der Waals surface area contributed by atoms with Gasteiger partial charge in [0.2, 0.25) is 0 Å². The van der Waals surface area contributed by atoms with Gasteiger partial charge in [0.05, 0.1) is 6.61 Å². The van der Waals surface area contributed by atoms with Crippen LogP contribution in [0.5, 0.6) is 5.75 Å². The average Bonchev–Trinajstić information content (AvgIpc) is 3.34. The van der Waals surface area contributed by atoms with Crippen LogP contribution < -0.4 is 20.7 Å². The van der Waals surface area contributed by atoms with E-state index < -0.39 is 0 Å². The predicted molar refractivity (Wildman–Crippen MR) is 142 cm³/mol. The number of thiazole rings is 1. The molecule has 0 saturated carbocycles. The van der Waals surface area contributed by atoms with Crippen LogP contribution in [0.15, 0.2) is 54.0 Å². The summed E-state index contributed by atoms with van der Waals surface area (Å²) in [4.78, 5) is 16.9. The molecule has 1 aromatic heterocycles. The highest BCUT2D eigenvalue weighted by Gasteiger charge is 2.12. The normalized spacial score (nSPS) is 10.5. The summed E-state index contributed by atoms with van der Waals surface area (Å²) in [6, 6.07) is 13.9. The molecule has 0 fully saturated rings. The minimum Gasteiger partial charge on any atom is -0.493 e. The Morgan fingerprint density at radius 1 is 1.06 bits per heavy atom. The van der Waals surface area contributed by atoms with E-state index in [0.29, 0.717) is 34.8 Å². The van der Waals surface area contributed by atoms with Gasteiger partial charge in [-0.3, -0.25) is 10.1 Å². The van der Waals surface area contributed by atoms with E-state index in [2.05, 4.69) is 33.1 Å². The van der Waals surface area contributed by atoms with Crippen LogP contribution in [-0.2, 0) is 17.6 Å². The molecule has 9 heteroatoms. The van der Waals surface area contributed by atoms with Gasteiger partial charge in [-0.2, -0.15) is 0 Å². The van der Waals surface area contributed by atoms with Crippen LogP contribution in [-0.4, -0.2) is 42.9 Å². The smallest absolute Gasteiger partial charge is 0.257 e. The Hall–Kier alpha value is -3.01. The Kier molecular flexibility index (Phi) is 10.3. The number of ether oxygens (including phenoxy) is 2. The van der Waals surface area contributed by atoms with Crippen molar-refractivity contribution < 1.29 is 14.3 Å². The average molecular weight is 499 g/mol. The molecular formula is C25H30N4O3S2. The summed E-state index contributed by atoms with van der Waals surface area (Å²) >= 11 is 6.62. The third-order valence-electron chi connectivity index (χ3n) is 4.89. The fraction of sp³-hybridized carbons (Fsp3) is 0.320. The lowest BCUT2D eigenvalue weighted by molar-refractivity contribution is 0.102. The fourth-order valence-corrected chi connectivity index (χ4v) is 4.03. The summed E-state index contributed by atoms with van der Waals surface area (Å²) in [5.74, 6) is 0.472. The van der Waals surface area contributed by atoms with Crippen molar-refractivity contribution in [1.29, 1.82) is 0 Å². The molecule has 3 rings (SSSR count). The first-order valence-corrected chi connectivity index (χ1v) is 12.5. The van der Waals surface area contributed by atoms with E-state index in [0.717, 1.165) is 37.1 Å². The van der Waals surface area contributed by atoms with E-state index in [-0.39, 0.29) is 5.91 Å². The van der Waals surface area contributed by atoms with Crippen molar-refractivity contribution in [2.24, 2.45) is 0 Å². The second-order valence-corrected chi connectivity index (χ2v) is 8.84. The highest BCUT2D eigenvalue weighted by Crippen LogP contribution is 2.22. The second kappa shape index (κ2) is 13.6.